The quantitative estimate of drug-likeness (QED) is 0.772. The smallest absolute Gasteiger partial charge is 0.262 e. The van der Waals surface area contributed by atoms with Crippen molar-refractivity contribution in [2.45, 2.75) is 19.8 Å². The second kappa shape index (κ2) is 4.90. The van der Waals surface area contributed by atoms with Crippen LogP contribution in [0, 0.1) is 0 Å². The number of benzene rings is 1. The number of hydrogen-bond donors (Lipinski definition) is 0. The number of hydrogen-bond acceptors (Lipinski definition) is 2. The first-order valence-electron chi connectivity index (χ1n) is 5.42. The average Bonchev–Trinajstić information content (AvgIpc) is 2.55. The number of nitrogens with zero attached hydrogens (tertiary/aromatic N) is 1. The third-order valence-electron chi connectivity index (χ3n) is 2.76. The van der Waals surface area contributed by atoms with E-state index in [-0.39, 0.29) is 11.8 Å². The Bertz CT molecular complexity index is 459. The van der Waals surface area contributed by atoms with E-state index in [0.29, 0.717) is 26.6 Å². The summed E-state index contributed by atoms with van der Waals surface area (Å²) in [6.07, 6.45) is 1.79. The molecule has 0 spiro atoms. The Morgan fingerprint density at radius 3 is 1.94 bits per heavy atom. The van der Waals surface area contributed by atoms with E-state index in [9.17, 15) is 9.59 Å². The van der Waals surface area contributed by atoms with Crippen LogP contribution in [0.1, 0.15) is 40.5 Å². The molecule has 1 aliphatic rings. The van der Waals surface area contributed by atoms with Crippen LogP contribution in [0.4, 0.5) is 0 Å². The highest BCUT2D eigenvalue weighted by molar-refractivity contribution is 9.11. The van der Waals surface area contributed by atoms with E-state index in [4.69, 9.17) is 0 Å². The van der Waals surface area contributed by atoms with Crippen molar-refractivity contribution in [2.24, 2.45) is 0 Å². The van der Waals surface area contributed by atoms with Crippen molar-refractivity contribution in [3.8, 4) is 0 Å². The summed E-state index contributed by atoms with van der Waals surface area (Å²) in [4.78, 5) is 25.6. The molecule has 0 fully saturated rings. The number of imide groups is 1. The van der Waals surface area contributed by atoms with Crippen LogP contribution in [0.15, 0.2) is 21.1 Å². The molecule has 5 heteroatoms. The molecule has 0 bridgehead atoms. The van der Waals surface area contributed by atoms with Gasteiger partial charge in [-0.15, -0.1) is 0 Å². The molecule has 0 saturated heterocycles. The molecule has 0 N–H and O–H groups in total. The molecule has 0 radical (unpaired) electrons. The summed E-state index contributed by atoms with van der Waals surface area (Å²) < 4.78 is 1.35. The van der Waals surface area contributed by atoms with Crippen LogP contribution < -0.4 is 0 Å². The number of amides is 2. The second-order valence-electron chi connectivity index (χ2n) is 3.89. The van der Waals surface area contributed by atoms with E-state index in [1.807, 2.05) is 6.92 Å². The van der Waals surface area contributed by atoms with Crippen LogP contribution in [-0.2, 0) is 0 Å². The monoisotopic (exact) mass is 359 g/mol. The Kier molecular flexibility index (Phi) is 3.68. The van der Waals surface area contributed by atoms with E-state index >= 15 is 0 Å². The first-order valence-corrected chi connectivity index (χ1v) is 7.00. The maximum absolute atomic E-state index is 12.1. The van der Waals surface area contributed by atoms with Gasteiger partial charge in [0.15, 0.2) is 0 Å². The van der Waals surface area contributed by atoms with Gasteiger partial charge >= 0.3 is 0 Å². The fraction of sp³-hybridized carbons (Fsp3) is 0.333. The standard InChI is InChI=1S/C12H11Br2NO2/c1-2-3-6-15-11(16)9-7(13)4-5-8(14)10(9)12(15)17/h4-5H,2-3,6H2,1H3. The number of carbonyl (C=O) groups excluding carboxylic acids is 2. The predicted molar refractivity (Wildman–Crippen MR) is 72.1 cm³/mol. The molecule has 90 valence electrons. The highest BCUT2D eigenvalue weighted by Crippen LogP contribution is 2.34. The Labute approximate surface area is 116 Å². The number of fused-ring (bicyclic) bond motifs is 1. The highest BCUT2D eigenvalue weighted by Gasteiger charge is 2.38. The molecule has 2 amide bonds. The van der Waals surface area contributed by atoms with Crippen molar-refractivity contribution in [1.29, 1.82) is 0 Å². The summed E-state index contributed by atoms with van der Waals surface area (Å²) in [5.74, 6) is -0.404. The molecule has 1 aromatic rings. The SMILES string of the molecule is CCCCN1C(=O)c2c(Br)ccc(Br)c2C1=O. The Balaban J connectivity index is 2.45. The largest absolute Gasteiger partial charge is 0.274 e. The minimum atomic E-state index is -0.202. The lowest BCUT2D eigenvalue weighted by Crippen LogP contribution is -2.30. The van der Waals surface area contributed by atoms with Gasteiger partial charge < -0.3 is 0 Å². The maximum Gasteiger partial charge on any atom is 0.262 e. The molecule has 1 aliphatic heterocycles. The number of carbonyl (C=O) groups is 2. The van der Waals surface area contributed by atoms with Gasteiger partial charge in [0.1, 0.15) is 0 Å². The van der Waals surface area contributed by atoms with Gasteiger partial charge in [-0.2, -0.15) is 0 Å². The zero-order chi connectivity index (χ0) is 12.6. The minimum Gasteiger partial charge on any atom is -0.274 e. The maximum atomic E-state index is 12.1. The highest BCUT2D eigenvalue weighted by atomic mass is 79.9. The summed E-state index contributed by atoms with van der Waals surface area (Å²) >= 11 is 6.65. The molecular weight excluding hydrogens is 350 g/mol. The first-order chi connectivity index (χ1) is 8.07. The summed E-state index contributed by atoms with van der Waals surface area (Å²) in [5.41, 5.74) is 0.945. The third-order valence-corrected chi connectivity index (χ3v) is 4.08. The summed E-state index contributed by atoms with van der Waals surface area (Å²) in [6.45, 7) is 2.52. The summed E-state index contributed by atoms with van der Waals surface area (Å²) in [7, 11) is 0. The van der Waals surface area contributed by atoms with Gasteiger partial charge in [-0.05, 0) is 50.4 Å². The van der Waals surface area contributed by atoms with Gasteiger partial charge in [0.2, 0.25) is 0 Å². The van der Waals surface area contributed by atoms with Crippen molar-refractivity contribution < 1.29 is 9.59 Å². The molecule has 1 heterocycles. The van der Waals surface area contributed by atoms with Crippen molar-refractivity contribution in [3.63, 3.8) is 0 Å². The van der Waals surface area contributed by atoms with Gasteiger partial charge in [-0.3, -0.25) is 14.5 Å². The van der Waals surface area contributed by atoms with E-state index in [0.717, 1.165) is 12.8 Å². The van der Waals surface area contributed by atoms with E-state index < -0.39 is 0 Å². The molecule has 0 aromatic heterocycles. The van der Waals surface area contributed by atoms with Crippen LogP contribution in [0.5, 0.6) is 0 Å². The zero-order valence-corrected chi connectivity index (χ0v) is 12.5. The minimum absolute atomic E-state index is 0.202. The summed E-state index contributed by atoms with van der Waals surface area (Å²) in [5, 5.41) is 0. The first kappa shape index (κ1) is 12.8. The van der Waals surface area contributed by atoms with E-state index in [1.165, 1.54) is 4.90 Å². The van der Waals surface area contributed by atoms with Gasteiger partial charge in [0.05, 0.1) is 11.1 Å². The van der Waals surface area contributed by atoms with Gasteiger partial charge in [0, 0.05) is 15.5 Å². The number of unbranched alkanes of at least 4 members (excludes halogenated alkanes) is 1. The average molecular weight is 361 g/mol. The fourth-order valence-corrected chi connectivity index (χ4v) is 2.85. The molecule has 2 rings (SSSR count). The Hall–Kier alpha value is -0.680. The van der Waals surface area contributed by atoms with Crippen LogP contribution >= 0.6 is 31.9 Å². The van der Waals surface area contributed by atoms with Gasteiger partial charge in [-0.25, -0.2) is 0 Å². The molecule has 1 aromatic carbocycles. The summed E-state index contributed by atoms with van der Waals surface area (Å²) in [6, 6.07) is 3.55. The van der Waals surface area contributed by atoms with Crippen LogP contribution in [0.3, 0.4) is 0 Å². The van der Waals surface area contributed by atoms with Gasteiger partial charge in [-0.1, -0.05) is 13.3 Å². The fourth-order valence-electron chi connectivity index (χ4n) is 1.85. The zero-order valence-electron chi connectivity index (χ0n) is 9.30. The lowest BCUT2D eigenvalue weighted by Gasteiger charge is -2.12. The molecule has 17 heavy (non-hydrogen) atoms. The van der Waals surface area contributed by atoms with Crippen LogP contribution in [0.25, 0.3) is 0 Å². The van der Waals surface area contributed by atoms with Crippen molar-refractivity contribution in [1.82, 2.24) is 4.90 Å². The molecule has 3 nitrogen and oxygen atoms in total. The normalized spacial score (nSPS) is 14.4. The lowest BCUT2D eigenvalue weighted by molar-refractivity contribution is 0.0652. The predicted octanol–water partition coefficient (Wildman–Crippen LogP) is 3.61. The van der Waals surface area contributed by atoms with Gasteiger partial charge in [0.25, 0.3) is 11.8 Å². The Morgan fingerprint density at radius 1 is 1.06 bits per heavy atom. The molecule has 0 unspecified atom stereocenters. The number of halogens is 2. The number of rotatable bonds is 3. The van der Waals surface area contributed by atoms with Crippen molar-refractivity contribution >= 4 is 43.7 Å². The molecule has 0 aliphatic carbocycles. The van der Waals surface area contributed by atoms with Crippen molar-refractivity contribution in [2.75, 3.05) is 6.54 Å². The topological polar surface area (TPSA) is 37.4 Å². The van der Waals surface area contributed by atoms with Crippen molar-refractivity contribution in [3.05, 3.63) is 32.2 Å². The lowest BCUT2D eigenvalue weighted by atomic mass is 10.1. The third kappa shape index (κ3) is 2.06. The van der Waals surface area contributed by atoms with E-state index in [1.54, 1.807) is 12.1 Å². The Morgan fingerprint density at radius 2 is 1.53 bits per heavy atom. The molecule has 0 saturated carbocycles. The van der Waals surface area contributed by atoms with Crippen LogP contribution in [-0.4, -0.2) is 23.3 Å². The second-order valence-corrected chi connectivity index (χ2v) is 5.60. The molecular formula is C12H11Br2NO2. The van der Waals surface area contributed by atoms with Crippen LogP contribution in [0.2, 0.25) is 0 Å². The molecule has 0 atom stereocenters. The van der Waals surface area contributed by atoms with E-state index in [2.05, 4.69) is 31.9 Å².